The van der Waals surface area contributed by atoms with Gasteiger partial charge in [0.2, 0.25) is 0 Å². The van der Waals surface area contributed by atoms with Gasteiger partial charge in [-0.2, -0.15) is 0 Å². The number of halogens is 1. The summed E-state index contributed by atoms with van der Waals surface area (Å²) in [7, 11) is 0. The van der Waals surface area contributed by atoms with Crippen LogP contribution in [0.25, 0.3) is 0 Å². The van der Waals surface area contributed by atoms with Gasteiger partial charge in [-0.25, -0.2) is 9.18 Å². The molecule has 0 aliphatic heterocycles. The highest BCUT2D eigenvalue weighted by Crippen LogP contribution is 2.63. The van der Waals surface area contributed by atoms with Crippen molar-refractivity contribution in [3.8, 4) is 0 Å². The van der Waals surface area contributed by atoms with Crippen LogP contribution in [0, 0.1) is 16.6 Å². The zero-order valence-corrected chi connectivity index (χ0v) is 11.5. The lowest BCUT2D eigenvalue weighted by molar-refractivity contribution is 0.0698. The van der Waals surface area contributed by atoms with Gasteiger partial charge in [-0.3, -0.25) is 0 Å². The molecule has 0 amide bonds. The standard InChI is InChI=1S/C14H19FN2O2/c1-13(2)12(14(13,3)4)17-8-6-5-7(15)10(16)9(8)11(18)19/h5-6,12,17H,16H2,1-4H3,(H,18,19). The molecule has 4 nitrogen and oxygen atoms in total. The van der Waals surface area contributed by atoms with Crippen molar-refractivity contribution in [2.45, 2.75) is 33.7 Å². The number of anilines is 2. The maximum Gasteiger partial charge on any atom is 0.340 e. The number of nitrogens with one attached hydrogen (secondary N) is 1. The van der Waals surface area contributed by atoms with E-state index in [-0.39, 0.29) is 28.1 Å². The molecule has 0 unspecified atom stereocenters. The molecule has 0 aromatic heterocycles. The fourth-order valence-electron chi connectivity index (χ4n) is 2.66. The Bertz CT molecular complexity index is 539. The van der Waals surface area contributed by atoms with Crippen molar-refractivity contribution in [1.29, 1.82) is 0 Å². The lowest BCUT2D eigenvalue weighted by Crippen LogP contribution is -2.15. The molecule has 19 heavy (non-hydrogen) atoms. The van der Waals surface area contributed by atoms with E-state index in [4.69, 9.17) is 5.73 Å². The maximum atomic E-state index is 13.4. The second-order valence-electron chi connectivity index (χ2n) is 6.21. The average Bonchev–Trinajstić information content (AvgIpc) is 2.65. The Balaban J connectivity index is 2.38. The Morgan fingerprint density at radius 2 is 1.84 bits per heavy atom. The quantitative estimate of drug-likeness (QED) is 0.735. The number of aromatic carboxylic acids is 1. The molecule has 1 aromatic rings. The second kappa shape index (κ2) is 3.85. The molecular formula is C14H19FN2O2. The summed E-state index contributed by atoms with van der Waals surface area (Å²) in [6.07, 6.45) is 0. The van der Waals surface area contributed by atoms with Crippen LogP contribution in [0.4, 0.5) is 15.8 Å². The van der Waals surface area contributed by atoms with Crippen LogP contribution in [0.15, 0.2) is 12.1 Å². The average molecular weight is 266 g/mol. The Morgan fingerprint density at radius 3 is 2.26 bits per heavy atom. The first kappa shape index (κ1) is 13.6. The van der Waals surface area contributed by atoms with E-state index in [1.54, 1.807) is 0 Å². The molecule has 0 bridgehead atoms. The number of benzene rings is 1. The third-order valence-corrected chi connectivity index (χ3v) is 4.73. The topological polar surface area (TPSA) is 75.3 Å². The summed E-state index contributed by atoms with van der Waals surface area (Å²) < 4.78 is 13.4. The normalized spacial score (nSPS) is 20.1. The monoisotopic (exact) mass is 266 g/mol. The SMILES string of the molecule is CC1(C)C(Nc2ccc(F)c(N)c2C(=O)O)C1(C)C. The predicted molar refractivity (Wildman–Crippen MR) is 72.7 cm³/mol. The van der Waals surface area contributed by atoms with Crippen LogP contribution in [0.2, 0.25) is 0 Å². The minimum absolute atomic E-state index is 0.0475. The predicted octanol–water partition coefficient (Wildman–Crippen LogP) is 2.95. The lowest BCUT2D eigenvalue weighted by Gasteiger charge is -2.13. The maximum absolute atomic E-state index is 13.4. The number of rotatable bonds is 3. The number of nitrogen functional groups attached to an aromatic ring is 1. The highest BCUT2D eigenvalue weighted by molar-refractivity contribution is 6.00. The lowest BCUT2D eigenvalue weighted by atomic mass is 10.0. The Kier molecular flexibility index (Phi) is 2.77. The fourth-order valence-corrected chi connectivity index (χ4v) is 2.66. The first-order valence-corrected chi connectivity index (χ1v) is 6.18. The molecule has 0 saturated heterocycles. The third-order valence-electron chi connectivity index (χ3n) is 4.73. The third kappa shape index (κ3) is 1.84. The first-order valence-electron chi connectivity index (χ1n) is 6.18. The van der Waals surface area contributed by atoms with Gasteiger partial charge in [-0.05, 0) is 23.0 Å². The zero-order chi connectivity index (χ0) is 14.6. The summed E-state index contributed by atoms with van der Waals surface area (Å²) in [6, 6.07) is 2.74. The molecule has 0 atom stereocenters. The molecule has 5 heteroatoms. The van der Waals surface area contributed by atoms with E-state index < -0.39 is 11.8 Å². The number of hydrogen-bond acceptors (Lipinski definition) is 3. The van der Waals surface area contributed by atoms with Gasteiger partial charge in [0, 0.05) is 6.04 Å². The smallest absolute Gasteiger partial charge is 0.340 e. The molecule has 1 aromatic carbocycles. The number of carboxylic acids is 1. The molecule has 0 spiro atoms. The van der Waals surface area contributed by atoms with Crippen molar-refractivity contribution in [2.24, 2.45) is 10.8 Å². The summed E-state index contributed by atoms with van der Waals surface area (Å²) in [5.74, 6) is -1.94. The van der Waals surface area contributed by atoms with Gasteiger partial charge in [-0.1, -0.05) is 27.7 Å². The van der Waals surface area contributed by atoms with Crippen LogP contribution in [-0.2, 0) is 0 Å². The van der Waals surface area contributed by atoms with E-state index in [2.05, 4.69) is 33.0 Å². The molecule has 1 aliphatic carbocycles. The molecule has 1 aliphatic rings. The molecule has 4 N–H and O–H groups in total. The second-order valence-corrected chi connectivity index (χ2v) is 6.21. The summed E-state index contributed by atoms with van der Waals surface area (Å²) >= 11 is 0. The molecule has 1 fully saturated rings. The van der Waals surface area contributed by atoms with Gasteiger partial charge in [0.25, 0.3) is 0 Å². The molecule has 104 valence electrons. The highest BCUT2D eigenvalue weighted by Gasteiger charge is 2.65. The summed E-state index contributed by atoms with van der Waals surface area (Å²) in [5, 5.41) is 12.4. The molecular weight excluding hydrogens is 247 g/mol. The number of carboxylic acid groups (broad SMARTS) is 1. The van der Waals surface area contributed by atoms with Crippen LogP contribution in [0.5, 0.6) is 0 Å². The van der Waals surface area contributed by atoms with Crippen molar-refractivity contribution in [2.75, 3.05) is 11.1 Å². The largest absolute Gasteiger partial charge is 0.478 e. The molecule has 0 heterocycles. The molecule has 1 saturated carbocycles. The Labute approximate surface area is 111 Å². The van der Waals surface area contributed by atoms with Gasteiger partial charge < -0.3 is 16.2 Å². The van der Waals surface area contributed by atoms with Gasteiger partial charge in [0.1, 0.15) is 11.4 Å². The van der Waals surface area contributed by atoms with Crippen molar-refractivity contribution < 1.29 is 14.3 Å². The summed E-state index contributed by atoms with van der Waals surface area (Å²) in [4.78, 5) is 11.2. The van der Waals surface area contributed by atoms with Crippen molar-refractivity contribution in [3.63, 3.8) is 0 Å². The minimum Gasteiger partial charge on any atom is -0.478 e. The number of nitrogens with two attached hydrogens (primary N) is 1. The van der Waals surface area contributed by atoms with Crippen LogP contribution in [0.3, 0.4) is 0 Å². The van der Waals surface area contributed by atoms with Crippen LogP contribution in [-0.4, -0.2) is 17.1 Å². The van der Waals surface area contributed by atoms with Gasteiger partial charge in [-0.15, -0.1) is 0 Å². The van der Waals surface area contributed by atoms with E-state index in [1.165, 1.54) is 12.1 Å². The van der Waals surface area contributed by atoms with Crippen molar-refractivity contribution >= 4 is 17.3 Å². The molecule has 2 rings (SSSR count). The number of carbonyl (C=O) groups is 1. The zero-order valence-electron chi connectivity index (χ0n) is 11.5. The summed E-state index contributed by atoms with van der Waals surface area (Å²) in [5.41, 5.74) is 5.46. The molecule has 0 radical (unpaired) electrons. The van der Waals surface area contributed by atoms with Gasteiger partial charge in [0.15, 0.2) is 0 Å². The Morgan fingerprint density at radius 1 is 1.32 bits per heavy atom. The van der Waals surface area contributed by atoms with Crippen LogP contribution in [0.1, 0.15) is 38.1 Å². The first-order chi connectivity index (χ1) is 8.60. The van der Waals surface area contributed by atoms with E-state index in [0.717, 1.165) is 0 Å². The number of hydrogen-bond donors (Lipinski definition) is 3. The van der Waals surface area contributed by atoms with E-state index >= 15 is 0 Å². The Hall–Kier alpha value is -1.78. The van der Waals surface area contributed by atoms with E-state index in [0.29, 0.717) is 5.69 Å². The van der Waals surface area contributed by atoms with Gasteiger partial charge >= 0.3 is 5.97 Å². The van der Waals surface area contributed by atoms with Crippen molar-refractivity contribution in [3.05, 3.63) is 23.5 Å². The van der Waals surface area contributed by atoms with Crippen LogP contribution >= 0.6 is 0 Å². The van der Waals surface area contributed by atoms with Crippen LogP contribution < -0.4 is 11.1 Å². The highest BCUT2D eigenvalue weighted by atomic mass is 19.1. The minimum atomic E-state index is -1.23. The van der Waals surface area contributed by atoms with Gasteiger partial charge in [0.05, 0.1) is 11.4 Å². The fraction of sp³-hybridized carbons (Fsp3) is 0.500. The summed E-state index contributed by atoms with van der Waals surface area (Å²) in [6.45, 7) is 8.44. The van der Waals surface area contributed by atoms with E-state index in [9.17, 15) is 14.3 Å². The van der Waals surface area contributed by atoms with Crippen molar-refractivity contribution in [1.82, 2.24) is 0 Å². The van der Waals surface area contributed by atoms with E-state index in [1.807, 2.05) is 0 Å².